The fourth-order valence-corrected chi connectivity index (χ4v) is 10.6. The lowest BCUT2D eigenvalue weighted by atomic mass is 9.80. The third-order valence-electron chi connectivity index (χ3n) is 12.1. The number of nitrogens with one attached hydrogen (secondary N) is 2. The highest BCUT2D eigenvalue weighted by Gasteiger charge is 2.45. The molecule has 0 bridgehead atoms. The van der Waals surface area contributed by atoms with Crippen LogP contribution in [-0.2, 0) is 24.1 Å². The molecular weight excluding hydrogens is 848 g/mol. The third-order valence-corrected chi connectivity index (χ3v) is 14.3. The van der Waals surface area contributed by atoms with Crippen molar-refractivity contribution in [3.05, 3.63) is 112 Å². The number of ether oxygens (including phenoxy) is 4. The van der Waals surface area contributed by atoms with Crippen molar-refractivity contribution in [2.75, 3.05) is 39.8 Å². The number of methoxy groups -OCH3 is 2. The second-order valence-corrected chi connectivity index (χ2v) is 18.3. The number of benzene rings is 3. The number of carbonyl (C=O) groups is 1. The number of rotatable bonds is 19. The van der Waals surface area contributed by atoms with Crippen LogP contribution in [0.4, 0.5) is 10.7 Å². The van der Waals surface area contributed by atoms with E-state index < -0.39 is 38.1 Å². The van der Waals surface area contributed by atoms with Gasteiger partial charge in [-0.3, -0.25) is 19.7 Å². The van der Waals surface area contributed by atoms with Crippen molar-refractivity contribution in [2.24, 2.45) is 0 Å². The van der Waals surface area contributed by atoms with E-state index in [1.165, 1.54) is 6.33 Å². The normalized spacial score (nSPS) is 18.6. The maximum atomic E-state index is 13.5. The average molecular weight is 909 g/mol. The van der Waals surface area contributed by atoms with Gasteiger partial charge in [-0.1, -0.05) is 73.9 Å². The monoisotopic (exact) mass is 908 g/mol. The summed E-state index contributed by atoms with van der Waals surface area (Å²) in [6.45, 7) is 8.57. The van der Waals surface area contributed by atoms with E-state index in [4.69, 9.17) is 33.0 Å². The Hall–Kier alpha value is -5.40. The molecule has 16 nitrogen and oxygen atoms in total. The molecule has 346 valence electrons. The molecule has 3 heterocycles. The summed E-state index contributed by atoms with van der Waals surface area (Å²) in [6.07, 6.45) is 5.13. The standard InChI is InChI=1S/C48H61N8O8P/c1-32(2)56(33(3)4)65(62-28-14-27-49)64-40-29-42(55-31-50-43-44(55)51-46(52-45(43)57)53-47(58)54(5)37-17-12-9-13-18-37)63-41(40)30-61-48(34-15-10-8-11-16-34,35-19-23-38(59-6)24-20-35)36-21-25-39(60-7)26-22-36/h8,10-11,15-16,19-26,31-33,37,40-42H,9,12-14,17-18,28-30H2,1-7H3,(H2,51,52,53,57,58)/t40-,41+,42+,65?/m0/s1. The van der Waals surface area contributed by atoms with Crippen molar-refractivity contribution < 1.29 is 32.8 Å². The molecule has 1 aliphatic carbocycles. The molecule has 1 unspecified atom stereocenters. The number of urea groups is 1. The first-order valence-corrected chi connectivity index (χ1v) is 23.5. The van der Waals surface area contributed by atoms with Crippen molar-refractivity contribution >= 4 is 31.7 Å². The molecule has 2 amide bonds. The number of fused-ring (bicyclic) bond motifs is 1. The summed E-state index contributed by atoms with van der Waals surface area (Å²) in [5.41, 5.74) is 1.26. The molecular formula is C48H61N8O8P. The number of carbonyl (C=O) groups excluding carboxylic acids is 1. The van der Waals surface area contributed by atoms with Gasteiger partial charge in [-0.25, -0.2) is 14.4 Å². The first kappa shape index (κ1) is 47.6. The number of aromatic amines is 1. The number of anilines is 1. The lowest BCUT2D eigenvalue weighted by Gasteiger charge is -2.39. The summed E-state index contributed by atoms with van der Waals surface area (Å²) in [5, 5.41) is 12.3. The minimum atomic E-state index is -1.71. The number of H-pyrrole nitrogens is 1. The van der Waals surface area contributed by atoms with E-state index in [-0.39, 0.29) is 60.9 Å². The third kappa shape index (κ3) is 10.7. The Morgan fingerprint density at radius 3 is 2.15 bits per heavy atom. The van der Waals surface area contributed by atoms with Gasteiger partial charge < -0.3 is 32.9 Å². The molecule has 2 aromatic heterocycles. The van der Waals surface area contributed by atoms with Gasteiger partial charge in [-0.2, -0.15) is 10.2 Å². The number of nitriles is 1. The van der Waals surface area contributed by atoms with E-state index in [0.717, 1.165) is 48.8 Å². The molecule has 1 aliphatic heterocycles. The Morgan fingerprint density at radius 1 is 0.954 bits per heavy atom. The van der Waals surface area contributed by atoms with E-state index in [9.17, 15) is 14.9 Å². The Bertz CT molecular complexity index is 2360. The van der Waals surface area contributed by atoms with Crippen molar-refractivity contribution in [2.45, 2.75) is 115 Å². The van der Waals surface area contributed by atoms with Crippen molar-refractivity contribution in [3.8, 4) is 17.6 Å². The van der Waals surface area contributed by atoms with Crippen LogP contribution in [0.3, 0.4) is 0 Å². The molecule has 1 saturated heterocycles. The van der Waals surface area contributed by atoms with Crippen molar-refractivity contribution in [3.63, 3.8) is 0 Å². The predicted octanol–water partition coefficient (Wildman–Crippen LogP) is 8.89. The molecule has 1 saturated carbocycles. The van der Waals surface area contributed by atoms with E-state index >= 15 is 0 Å². The largest absolute Gasteiger partial charge is 0.497 e. The van der Waals surface area contributed by atoms with Crippen LogP contribution >= 0.6 is 8.53 Å². The molecule has 0 spiro atoms. The Balaban J connectivity index is 1.28. The molecule has 5 aromatic rings. The van der Waals surface area contributed by atoms with Gasteiger partial charge in [0.05, 0.1) is 52.4 Å². The predicted molar refractivity (Wildman–Crippen MR) is 249 cm³/mol. The van der Waals surface area contributed by atoms with E-state index in [1.807, 2.05) is 78.9 Å². The quantitative estimate of drug-likeness (QED) is 0.0458. The summed E-state index contributed by atoms with van der Waals surface area (Å²) >= 11 is 0. The highest BCUT2D eigenvalue weighted by molar-refractivity contribution is 7.44. The van der Waals surface area contributed by atoms with E-state index in [1.54, 1.807) is 30.7 Å². The first-order chi connectivity index (χ1) is 31.5. The first-order valence-electron chi connectivity index (χ1n) is 22.4. The van der Waals surface area contributed by atoms with Crippen LogP contribution in [0.25, 0.3) is 11.2 Å². The molecule has 0 radical (unpaired) electrons. The molecule has 2 N–H and O–H groups in total. The molecule has 2 aliphatic rings. The van der Waals surface area contributed by atoms with Crippen molar-refractivity contribution in [1.29, 1.82) is 5.26 Å². The van der Waals surface area contributed by atoms with Crippen LogP contribution in [0.2, 0.25) is 0 Å². The maximum Gasteiger partial charge on any atom is 0.324 e. The summed E-state index contributed by atoms with van der Waals surface area (Å²) in [6, 6.07) is 27.7. The minimum Gasteiger partial charge on any atom is -0.497 e. The van der Waals surface area contributed by atoms with E-state index in [0.29, 0.717) is 17.9 Å². The smallest absolute Gasteiger partial charge is 0.324 e. The lowest BCUT2D eigenvalue weighted by molar-refractivity contribution is -0.0912. The van der Waals surface area contributed by atoms with Crippen LogP contribution in [0.15, 0.2) is 90.0 Å². The van der Waals surface area contributed by atoms with E-state index in [2.05, 4.69) is 53.7 Å². The lowest BCUT2D eigenvalue weighted by Crippen LogP contribution is -2.41. The Morgan fingerprint density at radius 2 is 1.57 bits per heavy atom. The fraction of sp³-hybridized carbons (Fsp3) is 0.479. The molecule has 65 heavy (non-hydrogen) atoms. The molecule has 2 fully saturated rings. The molecule has 4 atom stereocenters. The average Bonchev–Trinajstić information content (AvgIpc) is 3.94. The van der Waals surface area contributed by atoms with Crippen LogP contribution in [0, 0.1) is 11.3 Å². The summed E-state index contributed by atoms with van der Waals surface area (Å²) in [5.74, 6) is 1.40. The number of nitrogens with zero attached hydrogens (tertiary/aromatic N) is 6. The second-order valence-electron chi connectivity index (χ2n) is 16.9. The van der Waals surface area contributed by atoms with Gasteiger partial charge >= 0.3 is 6.03 Å². The zero-order valence-corrected chi connectivity index (χ0v) is 39.2. The van der Waals surface area contributed by atoms with Gasteiger partial charge in [0.25, 0.3) is 14.1 Å². The van der Waals surface area contributed by atoms with Gasteiger partial charge in [0, 0.05) is 31.6 Å². The number of amides is 2. The maximum absolute atomic E-state index is 13.5. The van der Waals surface area contributed by atoms with Gasteiger partial charge in [-0.15, -0.1) is 0 Å². The zero-order chi connectivity index (χ0) is 46.1. The number of imidazole rings is 1. The minimum absolute atomic E-state index is 0.00754. The number of hydrogen-bond donors (Lipinski definition) is 2. The SMILES string of the molecule is COc1ccc(C(OC[C@H]2O[C@@H](n3cnc4c(=O)[nH]c(NC(=O)N(C)C5CCCCC5)nc43)C[C@@H]2OP(OCCC#N)N(C(C)C)C(C)C)(c2ccccc2)c2ccc(OC)cc2)cc1. The highest BCUT2D eigenvalue weighted by Crippen LogP contribution is 2.51. The van der Waals surface area contributed by atoms with Gasteiger partial charge in [0.15, 0.2) is 11.2 Å². The van der Waals surface area contributed by atoms with Crippen LogP contribution < -0.4 is 20.3 Å². The topological polar surface area (TPSA) is 178 Å². The summed E-state index contributed by atoms with van der Waals surface area (Å²) < 4.78 is 42.8. The van der Waals surface area contributed by atoms with Crippen LogP contribution in [-0.4, -0.2) is 99.9 Å². The van der Waals surface area contributed by atoms with Gasteiger partial charge in [0.2, 0.25) is 5.95 Å². The number of hydrogen-bond acceptors (Lipinski definition) is 12. The second kappa shape index (κ2) is 21.7. The highest BCUT2D eigenvalue weighted by atomic mass is 31.2. The number of aromatic nitrogens is 4. The molecule has 3 aromatic carbocycles. The van der Waals surface area contributed by atoms with Crippen molar-refractivity contribution in [1.82, 2.24) is 29.1 Å². The summed E-state index contributed by atoms with van der Waals surface area (Å²) in [7, 11) is 3.33. The Labute approximate surface area is 382 Å². The van der Waals surface area contributed by atoms with Crippen LogP contribution in [0.1, 0.15) is 95.6 Å². The molecule has 17 heteroatoms. The van der Waals surface area contributed by atoms with Crippen LogP contribution in [0.5, 0.6) is 11.5 Å². The fourth-order valence-electron chi connectivity index (χ4n) is 8.84. The Kier molecular flexibility index (Phi) is 15.9. The molecule has 7 rings (SSSR count). The van der Waals surface area contributed by atoms with Gasteiger partial charge in [0.1, 0.15) is 29.4 Å². The van der Waals surface area contributed by atoms with Gasteiger partial charge in [-0.05, 0) is 81.5 Å². The zero-order valence-electron chi connectivity index (χ0n) is 38.3. The summed E-state index contributed by atoms with van der Waals surface area (Å²) in [4.78, 5) is 40.5.